The molecule has 0 aromatic heterocycles. The fourth-order valence-electron chi connectivity index (χ4n) is 3.35. The highest BCUT2D eigenvalue weighted by molar-refractivity contribution is 5.70. The molecule has 1 saturated heterocycles. The van der Waals surface area contributed by atoms with E-state index in [1.54, 1.807) is 0 Å². The summed E-state index contributed by atoms with van der Waals surface area (Å²) in [5, 5.41) is 9.65. The van der Waals surface area contributed by atoms with Gasteiger partial charge in [-0.05, 0) is 11.1 Å². The molecular formula is C22H27N3O5. The minimum absolute atomic E-state index is 0.128. The second-order valence-corrected chi connectivity index (χ2v) is 7.18. The monoisotopic (exact) mass is 413 g/mol. The Labute approximate surface area is 175 Å². The van der Waals surface area contributed by atoms with Crippen molar-refractivity contribution in [3.05, 3.63) is 71.8 Å². The van der Waals surface area contributed by atoms with E-state index in [0.29, 0.717) is 6.54 Å². The first-order valence-corrected chi connectivity index (χ1v) is 9.89. The van der Waals surface area contributed by atoms with Crippen molar-refractivity contribution >= 4 is 12.2 Å². The van der Waals surface area contributed by atoms with Gasteiger partial charge in [0.2, 0.25) is 0 Å². The maximum atomic E-state index is 12.6. The maximum Gasteiger partial charge on any atom is 0.410 e. The zero-order valence-corrected chi connectivity index (χ0v) is 16.7. The van der Waals surface area contributed by atoms with E-state index in [1.807, 2.05) is 60.7 Å². The molecule has 3 N–H and O–H groups in total. The van der Waals surface area contributed by atoms with E-state index in [9.17, 15) is 14.7 Å². The zero-order chi connectivity index (χ0) is 21.3. The van der Waals surface area contributed by atoms with Crippen molar-refractivity contribution in [2.24, 2.45) is 5.73 Å². The fraction of sp³-hybridized carbons (Fsp3) is 0.364. The smallest absolute Gasteiger partial charge is 0.410 e. The highest BCUT2D eigenvalue weighted by atomic mass is 16.6. The first kappa shape index (κ1) is 21.6. The predicted octanol–water partition coefficient (Wildman–Crippen LogP) is 2.31. The van der Waals surface area contributed by atoms with Crippen LogP contribution in [0.4, 0.5) is 9.59 Å². The maximum absolute atomic E-state index is 12.6. The number of rotatable bonds is 6. The van der Waals surface area contributed by atoms with E-state index in [2.05, 4.69) is 0 Å². The van der Waals surface area contributed by atoms with Crippen LogP contribution in [-0.4, -0.2) is 59.0 Å². The molecule has 1 aliphatic rings. The number of nitrogens with two attached hydrogens (primary N) is 1. The molecule has 30 heavy (non-hydrogen) atoms. The SMILES string of the molecule is NC(O)CC1CN(C(=O)OCc2ccccc2)CCN1C(=O)OCc1ccccc1. The largest absolute Gasteiger partial charge is 0.445 e. The van der Waals surface area contributed by atoms with Crippen LogP contribution in [0.5, 0.6) is 0 Å². The summed E-state index contributed by atoms with van der Waals surface area (Å²) in [5.74, 6) is 0. The lowest BCUT2D eigenvalue weighted by molar-refractivity contribution is 0.0179. The Balaban J connectivity index is 1.56. The van der Waals surface area contributed by atoms with Crippen molar-refractivity contribution in [1.82, 2.24) is 9.80 Å². The van der Waals surface area contributed by atoms with Crippen LogP contribution >= 0.6 is 0 Å². The molecule has 160 valence electrons. The van der Waals surface area contributed by atoms with Crippen LogP contribution in [0.2, 0.25) is 0 Å². The van der Waals surface area contributed by atoms with Crippen LogP contribution < -0.4 is 5.73 Å². The van der Waals surface area contributed by atoms with Gasteiger partial charge in [-0.3, -0.25) is 0 Å². The first-order valence-electron chi connectivity index (χ1n) is 9.89. The van der Waals surface area contributed by atoms with Crippen LogP contribution in [0.25, 0.3) is 0 Å². The van der Waals surface area contributed by atoms with Crippen molar-refractivity contribution in [2.75, 3.05) is 19.6 Å². The molecule has 8 nitrogen and oxygen atoms in total. The Kier molecular flexibility index (Phi) is 7.64. The van der Waals surface area contributed by atoms with Gasteiger partial charge in [0.1, 0.15) is 19.4 Å². The van der Waals surface area contributed by atoms with Crippen molar-refractivity contribution in [3.8, 4) is 0 Å². The van der Waals surface area contributed by atoms with Gasteiger partial charge in [-0.1, -0.05) is 60.7 Å². The minimum Gasteiger partial charge on any atom is -0.445 e. The summed E-state index contributed by atoms with van der Waals surface area (Å²) in [6.07, 6.45) is -1.95. The molecule has 2 amide bonds. The van der Waals surface area contributed by atoms with Crippen LogP contribution in [0.15, 0.2) is 60.7 Å². The predicted molar refractivity (Wildman–Crippen MR) is 110 cm³/mol. The molecule has 0 spiro atoms. The van der Waals surface area contributed by atoms with Crippen LogP contribution in [-0.2, 0) is 22.7 Å². The van der Waals surface area contributed by atoms with E-state index in [-0.39, 0.29) is 32.7 Å². The fourth-order valence-corrected chi connectivity index (χ4v) is 3.35. The van der Waals surface area contributed by atoms with E-state index in [4.69, 9.17) is 15.2 Å². The first-order chi connectivity index (χ1) is 14.5. The standard InChI is InChI=1S/C22H27N3O5/c23-20(26)13-19-14-24(21(27)29-15-17-7-3-1-4-8-17)11-12-25(19)22(28)30-16-18-9-5-2-6-10-18/h1-10,19-20,26H,11-16,23H2. The number of hydrogen-bond donors (Lipinski definition) is 2. The lowest BCUT2D eigenvalue weighted by Crippen LogP contribution is -2.58. The molecule has 2 aromatic rings. The molecule has 0 saturated carbocycles. The van der Waals surface area contributed by atoms with Crippen molar-refractivity contribution < 1.29 is 24.2 Å². The van der Waals surface area contributed by atoms with Gasteiger partial charge in [-0.25, -0.2) is 9.59 Å². The summed E-state index contributed by atoms with van der Waals surface area (Å²) in [4.78, 5) is 28.1. The average molecular weight is 413 g/mol. The Hall–Kier alpha value is -3.10. The summed E-state index contributed by atoms with van der Waals surface area (Å²) in [6, 6.07) is 18.3. The third-order valence-corrected chi connectivity index (χ3v) is 4.90. The molecule has 2 aromatic carbocycles. The third kappa shape index (κ3) is 6.20. The molecule has 0 radical (unpaired) electrons. The average Bonchev–Trinajstić information content (AvgIpc) is 2.77. The topological polar surface area (TPSA) is 105 Å². The van der Waals surface area contributed by atoms with Gasteiger partial charge in [0.15, 0.2) is 0 Å². The van der Waals surface area contributed by atoms with Gasteiger partial charge in [0, 0.05) is 26.1 Å². The zero-order valence-electron chi connectivity index (χ0n) is 16.7. The van der Waals surface area contributed by atoms with Crippen LogP contribution in [0.3, 0.4) is 0 Å². The van der Waals surface area contributed by atoms with E-state index >= 15 is 0 Å². The number of piperazine rings is 1. The molecular weight excluding hydrogens is 386 g/mol. The molecule has 1 aliphatic heterocycles. The van der Waals surface area contributed by atoms with E-state index in [1.165, 1.54) is 9.80 Å². The summed E-state index contributed by atoms with van der Waals surface area (Å²) in [7, 11) is 0. The molecule has 2 unspecified atom stereocenters. The molecule has 8 heteroatoms. The normalized spacial score (nSPS) is 17.3. The van der Waals surface area contributed by atoms with Crippen LogP contribution in [0, 0.1) is 0 Å². The van der Waals surface area contributed by atoms with Crippen molar-refractivity contribution in [2.45, 2.75) is 31.9 Å². The third-order valence-electron chi connectivity index (χ3n) is 4.90. The highest BCUT2D eigenvalue weighted by Gasteiger charge is 2.34. The van der Waals surface area contributed by atoms with E-state index < -0.39 is 24.5 Å². The van der Waals surface area contributed by atoms with Gasteiger partial charge in [0.05, 0.1) is 6.04 Å². The van der Waals surface area contributed by atoms with Crippen molar-refractivity contribution in [1.29, 1.82) is 0 Å². The number of ether oxygens (including phenoxy) is 2. The Morgan fingerprint density at radius 3 is 2.00 bits per heavy atom. The van der Waals surface area contributed by atoms with Crippen LogP contribution in [0.1, 0.15) is 17.5 Å². The lowest BCUT2D eigenvalue weighted by Gasteiger charge is -2.40. The lowest BCUT2D eigenvalue weighted by atomic mass is 10.1. The number of carbonyl (C=O) groups excluding carboxylic acids is 2. The summed E-state index contributed by atoms with van der Waals surface area (Å²) in [6.45, 7) is 1.11. The Bertz CT molecular complexity index is 816. The second-order valence-electron chi connectivity index (χ2n) is 7.18. The number of hydrogen-bond acceptors (Lipinski definition) is 6. The van der Waals surface area contributed by atoms with Gasteiger partial charge in [0.25, 0.3) is 0 Å². The Morgan fingerprint density at radius 1 is 0.933 bits per heavy atom. The second kappa shape index (κ2) is 10.6. The molecule has 2 atom stereocenters. The summed E-state index contributed by atoms with van der Waals surface area (Å²) >= 11 is 0. The highest BCUT2D eigenvalue weighted by Crippen LogP contribution is 2.17. The van der Waals surface area contributed by atoms with Gasteiger partial charge < -0.3 is 30.1 Å². The molecule has 0 aliphatic carbocycles. The summed E-state index contributed by atoms with van der Waals surface area (Å²) in [5.41, 5.74) is 7.32. The van der Waals surface area contributed by atoms with E-state index in [0.717, 1.165) is 11.1 Å². The number of nitrogens with zero attached hydrogens (tertiary/aromatic N) is 2. The number of benzene rings is 2. The molecule has 3 rings (SSSR count). The molecule has 1 heterocycles. The Morgan fingerprint density at radius 2 is 1.47 bits per heavy atom. The molecule has 1 fully saturated rings. The van der Waals surface area contributed by atoms with Gasteiger partial charge in [-0.15, -0.1) is 0 Å². The summed E-state index contributed by atoms with van der Waals surface area (Å²) < 4.78 is 10.8. The van der Waals surface area contributed by atoms with Gasteiger partial charge in [-0.2, -0.15) is 0 Å². The van der Waals surface area contributed by atoms with Gasteiger partial charge >= 0.3 is 12.2 Å². The quantitative estimate of drug-likeness (QED) is 0.704. The number of amides is 2. The number of aliphatic hydroxyl groups is 1. The molecule has 0 bridgehead atoms. The van der Waals surface area contributed by atoms with Crippen molar-refractivity contribution in [3.63, 3.8) is 0 Å². The number of aliphatic hydroxyl groups excluding tert-OH is 1. The number of carbonyl (C=O) groups is 2. The minimum atomic E-state index is -1.11.